The van der Waals surface area contributed by atoms with Gasteiger partial charge in [-0.05, 0) is 24.3 Å². The summed E-state index contributed by atoms with van der Waals surface area (Å²) in [5.41, 5.74) is 1.21. The first-order chi connectivity index (χ1) is 12.9. The smallest absolute Gasteiger partial charge is 0.308 e. The average molecular weight is 371 g/mol. The van der Waals surface area contributed by atoms with Gasteiger partial charge in [0.2, 0.25) is 5.78 Å². The van der Waals surface area contributed by atoms with E-state index < -0.39 is 35.6 Å². The molecule has 3 rings (SSSR count). The topological polar surface area (TPSA) is 63.7 Å². The van der Waals surface area contributed by atoms with Crippen LogP contribution in [0.4, 0.5) is 8.78 Å². The highest BCUT2D eigenvalue weighted by molar-refractivity contribution is 6.08. The quantitative estimate of drug-likeness (QED) is 0.578. The van der Waals surface area contributed by atoms with E-state index in [-0.39, 0.29) is 18.9 Å². The molecule has 5 nitrogen and oxygen atoms in total. The summed E-state index contributed by atoms with van der Waals surface area (Å²) in [4.78, 5) is 37.4. The van der Waals surface area contributed by atoms with Crippen LogP contribution in [-0.4, -0.2) is 35.7 Å². The van der Waals surface area contributed by atoms with Crippen molar-refractivity contribution in [2.24, 2.45) is 0 Å². The van der Waals surface area contributed by atoms with Gasteiger partial charge in [-0.3, -0.25) is 14.4 Å². The van der Waals surface area contributed by atoms with Crippen LogP contribution in [-0.2, 0) is 9.53 Å². The van der Waals surface area contributed by atoms with Gasteiger partial charge < -0.3 is 9.64 Å². The molecule has 0 fully saturated rings. The van der Waals surface area contributed by atoms with Crippen LogP contribution in [0.1, 0.15) is 32.7 Å². The summed E-state index contributed by atoms with van der Waals surface area (Å²) in [6.45, 7) is 3.18. The lowest BCUT2D eigenvalue weighted by Gasteiger charge is -2.16. The van der Waals surface area contributed by atoms with E-state index in [0.29, 0.717) is 16.8 Å². The molecule has 0 spiro atoms. The van der Waals surface area contributed by atoms with Gasteiger partial charge >= 0.3 is 5.97 Å². The zero-order chi connectivity index (χ0) is 19.6. The molecule has 1 amide bonds. The van der Waals surface area contributed by atoms with E-state index in [1.165, 1.54) is 4.90 Å². The maximum absolute atomic E-state index is 13.5. The summed E-state index contributed by atoms with van der Waals surface area (Å²) in [7, 11) is 0. The second-order valence-electron chi connectivity index (χ2n) is 5.91. The molecule has 1 aliphatic rings. The van der Waals surface area contributed by atoms with Crippen LogP contribution in [0.5, 0.6) is 0 Å². The van der Waals surface area contributed by atoms with Crippen LogP contribution in [0.25, 0.3) is 5.70 Å². The fourth-order valence-electron chi connectivity index (χ4n) is 2.78. The molecule has 0 saturated heterocycles. The number of carbonyl (C=O) groups is 3. The van der Waals surface area contributed by atoms with E-state index in [2.05, 4.69) is 6.58 Å². The third-order valence-electron chi connectivity index (χ3n) is 4.17. The van der Waals surface area contributed by atoms with Crippen molar-refractivity contribution >= 4 is 23.4 Å². The lowest BCUT2D eigenvalue weighted by molar-refractivity contribution is -0.142. The Morgan fingerprint density at radius 1 is 1.07 bits per heavy atom. The minimum atomic E-state index is -0.894. The van der Waals surface area contributed by atoms with Gasteiger partial charge in [-0.15, -0.1) is 0 Å². The van der Waals surface area contributed by atoms with Crippen LogP contribution in [0.15, 0.2) is 49.0 Å². The van der Waals surface area contributed by atoms with Gasteiger partial charge in [0.25, 0.3) is 5.91 Å². The summed E-state index contributed by atoms with van der Waals surface area (Å²) in [6.07, 6.45) is -0.169. The Labute approximate surface area is 153 Å². The molecule has 0 atom stereocenters. The lowest BCUT2D eigenvalue weighted by atomic mass is 10.1. The number of carbonyl (C=O) groups excluding carboxylic acids is 3. The fourth-order valence-corrected chi connectivity index (χ4v) is 2.78. The number of hydrogen-bond acceptors (Lipinski definition) is 4. The van der Waals surface area contributed by atoms with Gasteiger partial charge in [-0.1, -0.05) is 24.8 Å². The molecule has 0 saturated carbocycles. The van der Waals surface area contributed by atoms with Crippen LogP contribution in [0.2, 0.25) is 0 Å². The van der Waals surface area contributed by atoms with Gasteiger partial charge in [0.1, 0.15) is 11.6 Å². The molecule has 0 N–H and O–H groups in total. The van der Waals surface area contributed by atoms with E-state index >= 15 is 0 Å². The molecule has 2 aromatic rings. The predicted octanol–water partition coefficient (Wildman–Crippen LogP) is 3.21. The number of rotatable bonds is 6. The van der Waals surface area contributed by atoms with Crippen LogP contribution < -0.4 is 0 Å². The van der Waals surface area contributed by atoms with Gasteiger partial charge in [0.15, 0.2) is 6.61 Å². The third kappa shape index (κ3) is 3.76. The maximum Gasteiger partial charge on any atom is 0.308 e. The molecule has 2 aromatic carbocycles. The number of amides is 1. The molecule has 0 aromatic heterocycles. The average Bonchev–Trinajstić information content (AvgIpc) is 2.91. The van der Waals surface area contributed by atoms with Gasteiger partial charge in [-0.2, -0.15) is 0 Å². The predicted molar refractivity (Wildman–Crippen MR) is 92.8 cm³/mol. The van der Waals surface area contributed by atoms with Crippen molar-refractivity contribution in [2.75, 3.05) is 13.2 Å². The van der Waals surface area contributed by atoms with E-state index in [9.17, 15) is 23.2 Å². The minimum Gasteiger partial charge on any atom is -0.457 e. The van der Waals surface area contributed by atoms with Crippen LogP contribution >= 0.6 is 0 Å². The number of Topliss-reactive ketones (excluding diaryl/α,β-unsaturated/α-hetero) is 1. The van der Waals surface area contributed by atoms with Crippen molar-refractivity contribution < 1.29 is 27.9 Å². The monoisotopic (exact) mass is 371 g/mol. The van der Waals surface area contributed by atoms with Crippen molar-refractivity contribution in [3.8, 4) is 0 Å². The summed E-state index contributed by atoms with van der Waals surface area (Å²) >= 11 is 0. The Morgan fingerprint density at radius 3 is 2.48 bits per heavy atom. The van der Waals surface area contributed by atoms with E-state index in [1.807, 2.05) is 0 Å². The number of benzene rings is 2. The van der Waals surface area contributed by atoms with E-state index in [4.69, 9.17) is 4.74 Å². The number of ether oxygens (including phenoxy) is 1. The highest BCUT2D eigenvalue weighted by atomic mass is 19.1. The molecule has 0 radical (unpaired) electrons. The summed E-state index contributed by atoms with van der Waals surface area (Å²) in [5.74, 6) is -3.52. The second-order valence-corrected chi connectivity index (χ2v) is 5.91. The van der Waals surface area contributed by atoms with Crippen molar-refractivity contribution in [1.82, 2.24) is 4.90 Å². The number of fused-ring (bicyclic) bond motifs is 1. The molecule has 0 aliphatic carbocycles. The molecule has 1 aliphatic heterocycles. The zero-order valence-electron chi connectivity index (χ0n) is 14.2. The van der Waals surface area contributed by atoms with Crippen molar-refractivity contribution in [3.05, 3.63) is 77.4 Å². The molecule has 0 bridgehead atoms. The van der Waals surface area contributed by atoms with Gasteiger partial charge in [0.05, 0.1) is 12.0 Å². The second kappa shape index (κ2) is 7.49. The standard InChI is InChI=1S/C20H15F2NO4/c1-12-14-4-2-3-5-15(14)20(26)23(12)9-8-19(25)27-11-18(24)16-10-13(21)6-7-17(16)22/h2-7,10H,1,8-9,11H2. The highest BCUT2D eigenvalue weighted by Crippen LogP contribution is 2.31. The summed E-state index contributed by atoms with van der Waals surface area (Å²) < 4.78 is 31.5. The van der Waals surface area contributed by atoms with Crippen LogP contribution in [0, 0.1) is 11.6 Å². The SMILES string of the molecule is C=C1c2ccccc2C(=O)N1CCC(=O)OCC(=O)c1cc(F)ccc1F. The third-order valence-corrected chi connectivity index (χ3v) is 4.17. The highest BCUT2D eigenvalue weighted by Gasteiger charge is 2.30. The van der Waals surface area contributed by atoms with Crippen molar-refractivity contribution in [2.45, 2.75) is 6.42 Å². The van der Waals surface area contributed by atoms with Gasteiger partial charge in [-0.25, -0.2) is 8.78 Å². The number of nitrogens with zero attached hydrogens (tertiary/aromatic N) is 1. The molecule has 138 valence electrons. The Hall–Kier alpha value is -3.35. The van der Waals surface area contributed by atoms with Crippen molar-refractivity contribution in [3.63, 3.8) is 0 Å². The summed E-state index contributed by atoms with van der Waals surface area (Å²) in [5, 5.41) is 0. The first-order valence-corrected chi connectivity index (χ1v) is 8.12. The molecule has 1 heterocycles. The minimum absolute atomic E-state index is 0.0354. The lowest BCUT2D eigenvalue weighted by Crippen LogP contribution is -2.26. The van der Waals surface area contributed by atoms with E-state index in [1.54, 1.807) is 24.3 Å². The Morgan fingerprint density at radius 2 is 1.78 bits per heavy atom. The van der Waals surface area contributed by atoms with Gasteiger partial charge in [0, 0.05) is 23.4 Å². The molecule has 27 heavy (non-hydrogen) atoms. The molecule has 7 heteroatoms. The van der Waals surface area contributed by atoms with E-state index in [0.717, 1.165) is 18.2 Å². The fraction of sp³-hybridized carbons (Fsp3) is 0.150. The zero-order valence-corrected chi connectivity index (χ0v) is 14.2. The first kappa shape index (κ1) is 18.4. The number of esters is 1. The first-order valence-electron chi connectivity index (χ1n) is 8.12. The number of halogens is 2. The largest absolute Gasteiger partial charge is 0.457 e. The molecular formula is C20H15F2NO4. The van der Waals surface area contributed by atoms with Crippen molar-refractivity contribution in [1.29, 1.82) is 0 Å². The Balaban J connectivity index is 1.54. The molecular weight excluding hydrogens is 356 g/mol. The Bertz CT molecular complexity index is 920. The number of hydrogen-bond donors (Lipinski definition) is 0. The Kier molecular flexibility index (Phi) is 5.12. The van der Waals surface area contributed by atoms with Crippen LogP contribution in [0.3, 0.4) is 0 Å². The maximum atomic E-state index is 13.5. The normalized spacial score (nSPS) is 12.9. The number of ketones is 1. The summed E-state index contributed by atoms with van der Waals surface area (Å²) in [6, 6.07) is 9.41. The molecule has 0 unspecified atom stereocenters.